The second-order valence-electron chi connectivity index (χ2n) is 42.7. The molecule has 5 saturated heterocycles. The van der Waals surface area contributed by atoms with Crippen LogP contribution in [0, 0.1) is 11.8 Å². The number of ether oxygens (including phenoxy) is 8. The van der Waals surface area contributed by atoms with Gasteiger partial charge in [-0.25, -0.2) is 24.0 Å². The number of Topliss-reactive ketones (excluding diaryl/α,β-unsaturated/α-hetero) is 2. The number of hydrogen-bond donors (Lipinski definition) is 13. The number of rotatable bonds is 37. The molecule has 5 fully saturated rings. The van der Waals surface area contributed by atoms with Crippen molar-refractivity contribution in [2.75, 3.05) is 118 Å². The number of aromatic nitrogens is 10. The summed E-state index contributed by atoms with van der Waals surface area (Å²) in [6, 6.07) is 15.7. The zero-order valence-corrected chi connectivity index (χ0v) is 94.4. The number of H-pyrrole nitrogens is 2. The molecule has 0 bridgehead atoms. The first kappa shape index (κ1) is 125. The van der Waals surface area contributed by atoms with Gasteiger partial charge in [0, 0.05) is 89.0 Å². The van der Waals surface area contributed by atoms with Crippen LogP contribution in [0.15, 0.2) is 123 Å². The number of hydrogen-bond acceptors (Lipinski definition) is 33. The van der Waals surface area contributed by atoms with Crippen molar-refractivity contribution in [3.63, 3.8) is 0 Å². The molecule has 1 aliphatic carbocycles. The first-order valence-electron chi connectivity index (χ1n) is 49.1. The van der Waals surface area contributed by atoms with Crippen molar-refractivity contribution in [1.82, 2.24) is 52.2 Å². The number of carbonyl (C=O) groups is 5. The Kier molecular flexibility index (Phi) is 44.1. The number of benzene rings is 2. The molecule has 831 valence electrons. The fraction of sp³-hybridized carbons (Fsp3) is 0.584. The van der Waals surface area contributed by atoms with Gasteiger partial charge in [-0.05, 0) is 153 Å². The number of nitrogens with zero attached hydrogens (tertiary/aromatic N) is 8. The quantitative estimate of drug-likeness (QED) is 0.0112. The average Bonchev–Trinajstić information content (AvgIpc) is 1.60. The van der Waals surface area contributed by atoms with Crippen molar-refractivity contribution >= 4 is 116 Å². The maximum atomic E-state index is 13.4. The second-order valence-corrected chi connectivity index (χ2v) is 65.1. The third-order valence-corrected chi connectivity index (χ3v) is 34.4. The number of aliphatic hydroxyl groups excluding tert-OH is 9. The zero-order valence-electron chi connectivity index (χ0n) is 88.2. The Balaban J connectivity index is 0.000000214. The summed E-state index contributed by atoms with van der Waals surface area (Å²) < 4.78 is 53.3. The van der Waals surface area contributed by atoms with Crippen LogP contribution in [-0.4, -0.2) is 385 Å². The van der Waals surface area contributed by atoms with Crippen LogP contribution < -0.4 is 60.6 Å². The SMILES string of the molecule is C=P(C)(C)CC[C@H]1OC(c2cn(C)c(=O)n(CCC(C)C(=O)O)c2=O)[C@H](O)[C@@H]1O.C=P(C)(C)CC[C@H]1OC(c2cn(C)c(=O)n(CCC(C)C(=O)OC(=O)OCC3c4ccccc4-c4ccccc43)c2=O)[C@H](O)[C@@H]1O.C=P(C)(C)CC[C@H]1OC(n2cc(CC(C)=O)c(=O)[nH]c2=O)[C@H](O)[C@@H]1O.C=P(C)(C)CC[C@H]1OC(n2cc(CC(C)=O)c(=O)[nH]c2=O)[C@H](OC)[C@@H]1O.C=P(C)(C)CC[C@H]1OC(n2cc(CNC)c(=O)nc2[Se])[C@H](O)[C@@H]1O. The monoisotopic (exact) mass is 2260 g/mol. The summed E-state index contributed by atoms with van der Waals surface area (Å²) in [5, 5.41) is 106. The number of ketones is 2. The number of esters is 1. The summed E-state index contributed by atoms with van der Waals surface area (Å²) in [5.74, 6) is -4.06. The second kappa shape index (κ2) is 53.1. The molecule has 7 unspecified atom stereocenters. The minimum atomic E-state index is -1.41. The Morgan fingerprint density at radius 1 is 0.473 bits per heavy atom. The van der Waals surface area contributed by atoms with Crippen LogP contribution in [0.1, 0.15) is 148 Å². The van der Waals surface area contributed by atoms with Gasteiger partial charge in [0.1, 0.15) is 79.2 Å². The predicted molar refractivity (Wildman–Crippen MR) is 585 cm³/mol. The van der Waals surface area contributed by atoms with E-state index in [2.05, 4.69) is 134 Å². The molecule has 0 amide bonds. The van der Waals surface area contributed by atoms with E-state index in [1.807, 2.05) is 48.5 Å². The normalized spacial score (nSPS) is 25.0. The molecule has 0 spiro atoms. The van der Waals surface area contributed by atoms with Crippen molar-refractivity contribution in [3.8, 4) is 11.1 Å². The van der Waals surface area contributed by atoms with E-state index in [9.17, 15) is 113 Å². The molecule has 5 aliphatic heterocycles. The molecular weight excluding hydrogens is 2110 g/mol. The Morgan fingerprint density at radius 2 is 0.820 bits per heavy atom. The molecule has 13 N–H and O–H groups in total. The predicted octanol–water partition coefficient (Wildman–Crippen LogP) is 1.15. The van der Waals surface area contributed by atoms with Crippen LogP contribution in [-0.2, 0) is 104 Å². The first-order valence-corrected chi connectivity index (χ1v) is 65.2. The van der Waals surface area contributed by atoms with E-state index in [0.717, 1.165) is 66.8 Å². The van der Waals surface area contributed by atoms with Crippen LogP contribution >= 0.6 is 34.4 Å². The number of carboxylic acid groups (broad SMARTS) is 1. The van der Waals surface area contributed by atoms with Gasteiger partial charge in [-0.1, -0.05) is 62.4 Å². The molecule has 2 aromatic carbocycles. The van der Waals surface area contributed by atoms with Crippen LogP contribution in [0.4, 0.5) is 4.79 Å². The van der Waals surface area contributed by atoms with Crippen molar-refractivity contribution in [3.05, 3.63) is 212 Å². The van der Waals surface area contributed by atoms with E-state index in [4.69, 9.17) is 43.0 Å². The van der Waals surface area contributed by atoms with Gasteiger partial charge in [-0.2, -0.15) is 0 Å². The number of fused-ring (bicyclic) bond motifs is 3. The molecule has 22 atom stereocenters. The molecule has 13 rings (SSSR count). The molecule has 0 saturated carbocycles. The molecular formula is C101H149N11O32P5Se. The molecule has 43 nitrogen and oxygen atoms in total. The topological polar surface area (TPSA) is 606 Å². The fourth-order valence-electron chi connectivity index (χ4n) is 17.9. The van der Waals surface area contributed by atoms with Crippen LogP contribution in [0.5, 0.6) is 0 Å². The number of methoxy groups -OCH3 is 1. The Morgan fingerprint density at radius 3 is 1.19 bits per heavy atom. The van der Waals surface area contributed by atoms with Gasteiger partial charge in [0.25, 0.3) is 22.2 Å². The van der Waals surface area contributed by atoms with Crippen LogP contribution in [0.25, 0.3) is 11.1 Å². The van der Waals surface area contributed by atoms with Gasteiger partial charge < -0.3 is 83.1 Å². The van der Waals surface area contributed by atoms with Crippen LogP contribution in [0.2, 0.25) is 0 Å². The standard InChI is InChI=1S/C34H41N2O9P.C19H31N2O7P.C17H27N2O6P.C16H25N2O6P.C15H25N3O4PSe/c1-20(32(40)45-34(42)43-19-26-23-12-8-6-10-21(23)22-11-7-9-13-24(22)26)14-16-36-31(39)25(18-35(2)33(36)41)30-29(38)28(37)27(44-30)15-17-46(3,4)5;1-11(18(25)26)6-8-21-17(24)12(10-20(2)19(21)27)16-15(23)14(22)13(28-16)7-9-29(3,4)5;1-10(20)8-11-9-19(17(23)18-15(11)22)16-14(24-2)13(21)12(25-16)6-7-26(3,4)5;1-9(19)7-10-8-18(16(23)17-14(10)22)15-13(21)12(20)11(24-15)5-6-25(2,3)4;1-16-7-9-8-18(15(24)17-13(9)21)14-12(20)11(19)10(22-14)5-6-23(2,3)4/h6-13,18,20,26-30,37-38H,3,14-17,19H2,1-2,4-5H3;10-11,13-16,22-23H,3,6-9H2,1-2,4-5H3,(H,25,26);9,12-14,16,21H,3,6-8H2,1-2,4-5H3,(H,18,22,23);8,11-13,15,20-21H,2,5-7H2,1,3-4H3,(H,17,22,23);8,10-12,14,16,19-20H,2,5-7H2,1,3-4H3/t20?,27-,28-,29-,30?;11?,13-,14-,15-,16?;12-,13-,14-,16?;11-,12-,13-,15?;10-,11-,12-,14?/m11111/s1. The summed E-state index contributed by atoms with van der Waals surface area (Å²) in [6.07, 6.45) is 13.8. The van der Waals surface area contributed by atoms with Crippen molar-refractivity contribution in [1.29, 1.82) is 0 Å². The Hall–Kier alpha value is -8.83. The number of aryl methyl sites for hydroxylation is 2. The van der Waals surface area contributed by atoms with Gasteiger partial charge in [-0.3, -0.25) is 66.6 Å². The third-order valence-electron chi connectivity index (χ3n) is 26.5. The van der Waals surface area contributed by atoms with E-state index in [-0.39, 0.29) is 90.7 Å². The van der Waals surface area contributed by atoms with Crippen molar-refractivity contribution in [2.45, 2.75) is 233 Å². The van der Waals surface area contributed by atoms with Crippen molar-refractivity contribution < 1.29 is 113 Å². The average molecular weight is 2260 g/mol. The molecule has 5 aromatic heterocycles. The Bertz CT molecular complexity index is 6790. The molecule has 6 aliphatic rings. The van der Waals surface area contributed by atoms with E-state index in [1.54, 1.807) is 17.8 Å². The summed E-state index contributed by atoms with van der Waals surface area (Å²) in [4.78, 5) is 179. The number of aromatic amines is 2. The molecule has 150 heavy (non-hydrogen) atoms. The van der Waals surface area contributed by atoms with E-state index < -0.39 is 232 Å². The van der Waals surface area contributed by atoms with Gasteiger partial charge in [0.2, 0.25) is 0 Å². The van der Waals surface area contributed by atoms with Gasteiger partial charge >= 0.3 is 191 Å². The summed E-state index contributed by atoms with van der Waals surface area (Å²) in [7, 11) is 6.09. The molecule has 1 radical (unpaired) electrons. The third kappa shape index (κ3) is 33.1. The molecule has 10 heterocycles. The molecule has 7 aromatic rings. The number of carbonyl (C=O) groups excluding carboxylic acids is 4. The first-order chi connectivity index (χ1) is 69.8. The summed E-state index contributed by atoms with van der Waals surface area (Å²) in [6.45, 7) is 20.0. The summed E-state index contributed by atoms with van der Waals surface area (Å²) >= 11 is 2.72. The zero-order chi connectivity index (χ0) is 112. The van der Waals surface area contributed by atoms with E-state index in [0.29, 0.717) is 48.9 Å². The van der Waals surface area contributed by atoms with Crippen LogP contribution in [0.3, 0.4) is 0 Å². The number of aliphatic carboxylic acids is 1. The van der Waals surface area contributed by atoms with Crippen molar-refractivity contribution in [2.24, 2.45) is 25.9 Å². The van der Waals surface area contributed by atoms with E-state index >= 15 is 0 Å². The van der Waals surface area contributed by atoms with E-state index in [1.165, 1.54) is 87.4 Å². The minimum absolute atomic E-state index is 0.00790. The fourth-order valence-corrected chi connectivity index (χ4v) is 23.2. The van der Waals surface area contributed by atoms with Gasteiger partial charge in [-0.15, -0.1) is 52.7 Å². The van der Waals surface area contributed by atoms with Gasteiger partial charge in [0.15, 0.2) is 12.5 Å². The number of nitrogens with one attached hydrogen (secondary N) is 3. The van der Waals surface area contributed by atoms with Gasteiger partial charge in [0.05, 0.1) is 47.4 Å². The molecule has 49 heteroatoms. The Labute approximate surface area is 877 Å². The summed E-state index contributed by atoms with van der Waals surface area (Å²) in [5.41, 5.74) is -0.561. The maximum absolute atomic E-state index is 13.4. The number of carboxylic acids is 1. The number of aliphatic hydroxyl groups is 9.